The van der Waals surface area contributed by atoms with Gasteiger partial charge in [0.05, 0.1) is 10.0 Å². The smallest absolute Gasteiger partial charge is 0.264 e. The van der Waals surface area contributed by atoms with Crippen LogP contribution in [0.15, 0.2) is 72.8 Å². The van der Waals surface area contributed by atoms with Crippen molar-refractivity contribution < 1.29 is 40.3 Å². The molecule has 0 unspecified atom stereocenters. The second kappa shape index (κ2) is 25.0. The molecule has 0 radical (unpaired) electrons. The zero-order chi connectivity index (χ0) is 54.1. The zero-order valence-electron chi connectivity index (χ0n) is 43.0. The molecule has 0 N–H and O–H groups in total. The Labute approximate surface area is 426 Å². The fourth-order valence-corrected chi connectivity index (χ4v) is 7.68. The van der Waals surface area contributed by atoms with Crippen molar-refractivity contribution >= 4 is 58.0 Å². The van der Waals surface area contributed by atoms with Crippen molar-refractivity contribution in [2.45, 2.75) is 158 Å². The quantitative estimate of drug-likeness (QED) is 0.103. The summed E-state index contributed by atoms with van der Waals surface area (Å²) in [7, 11) is 0. The first kappa shape index (κ1) is 63.1. The predicted octanol–water partition coefficient (Wildman–Crippen LogP) is 19.9. The van der Waals surface area contributed by atoms with Crippen molar-refractivity contribution in [3.63, 3.8) is 0 Å². The Hall–Kier alpha value is -3.89. The maximum atomic E-state index is 13.8. The summed E-state index contributed by atoms with van der Waals surface area (Å²) in [5.74, 6) is -2.66. The summed E-state index contributed by atoms with van der Waals surface area (Å²) >= 11 is 23.0. The lowest BCUT2D eigenvalue weighted by molar-refractivity contribution is 0.100. The van der Waals surface area contributed by atoms with Gasteiger partial charge in [-0.25, -0.2) is 30.7 Å². The number of hydrogen-bond donors (Lipinski definition) is 0. The van der Waals surface area contributed by atoms with E-state index in [1.54, 1.807) is 79.7 Å². The van der Waals surface area contributed by atoms with Crippen LogP contribution in [0, 0.1) is 36.0 Å². The highest BCUT2D eigenvalue weighted by atomic mass is 35.5. The van der Waals surface area contributed by atoms with Gasteiger partial charge < -0.3 is 0 Å². The van der Waals surface area contributed by atoms with Crippen molar-refractivity contribution in [3.05, 3.63) is 172 Å². The summed E-state index contributed by atoms with van der Waals surface area (Å²) in [6.07, 6.45) is -2.44. The van der Waals surface area contributed by atoms with Crippen LogP contribution in [0.25, 0.3) is 0 Å². The highest BCUT2D eigenvalue weighted by Crippen LogP contribution is 2.36. The van der Waals surface area contributed by atoms with Gasteiger partial charge >= 0.3 is 0 Å². The van der Waals surface area contributed by atoms with Crippen LogP contribution >= 0.6 is 46.4 Å². The summed E-state index contributed by atoms with van der Waals surface area (Å²) in [5, 5.41) is 1.20. The number of benzene rings is 5. The average molecular weight is 1050 g/mol. The first-order valence-electron chi connectivity index (χ1n) is 22.0. The van der Waals surface area contributed by atoms with E-state index in [2.05, 4.69) is 20.8 Å². The molecule has 0 aliphatic carbocycles. The van der Waals surface area contributed by atoms with Crippen LogP contribution in [0.5, 0.6) is 0 Å². The molecule has 0 aromatic heterocycles. The van der Waals surface area contributed by atoms with Gasteiger partial charge in [0.25, 0.3) is 6.43 Å². The molecule has 5 aromatic rings. The van der Waals surface area contributed by atoms with Gasteiger partial charge in [-0.05, 0) is 131 Å². The minimum Gasteiger partial charge on any atom is -0.295 e. The van der Waals surface area contributed by atoms with E-state index in [0.29, 0.717) is 32.3 Å². The molecule has 0 amide bonds. The molecule has 0 spiro atoms. The molecular weight excluding hydrogens is 979 g/mol. The Balaban J connectivity index is 0.000000432. The van der Waals surface area contributed by atoms with E-state index < -0.39 is 51.8 Å². The predicted molar refractivity (Wildman–Crippen MR) is 275 cm³/mol. The van der Waals surface area contributed by atoms with E-state index in [9.17, 15) is 40.3 Å². The first-order valence-corrected chi connectivity index (χ1v) is 23.5. The van der Waals surface area contributed by atoms with E-state index >= 15 is 0 Å². The average Bonchev–Trinajstić information content (AvgIpc) is 3.15. The van der Waals surface area contributed by atoms with Crippen LogP contribution in [0.1, 0.15) is 184 Å². The number of halogens is 11. The third-order valence-corrected chi connectivity index (χ3v) is 11.2. The minimum atomic E-state index is -2.44. The Morgan fingerprint density at radius 1 is 0.435 bits per heavy atom. The van der Waals surface area contributed by atoms with E-state index in [1.165, 1.54) is 49.4 Å². The molecule has 0 saturated carbocycles. The summed E-state index contributed by atoms with van der Waals surface area (Å²) in [4.78, 5) is 22.7. The first-order chi connectivity index (χ1) is 31.0. The molecule has 2 nitrogen and oxygen atoms in total. The number of carbonyl (C=O) groups is 2. The number of hydrogen-bond acceptors (Lipinski definition) is 2. The fraction of sp³-hybridized carbons (Fsp3) is 0.429. The van der Waals surface area contributed by atoms with Gasteiger partial charge in [-0.1, -0.05) is 156 Å². The Bertz CT molecular complexity index is 2550. The summed E-state index contributed by atoms with van der Waals surface area (Å²) in [6, 6.07) is 18.1. The van der Waals surface area contributed by atoms with Crippen LogP contribution in [-0.2, 0) is 27.1 Å². The Morgan fingerprint density at radius 2 is 0.797 bits per heavy atom. The topological polar surface area (TPSA) is 34.1 Å². The molecular formula is C56H67Cl4F7O2. The molecule has 0 heterocycles. The van der Waals surface area contributed by atoms with Crippen LogP contribution in [0.3, 0.4) is 0 Å². The van der Waals surface area contributed by atoms with Crippen LogP contribution < -0.4 is 0 Å². The second-order valence-electron chi connectivity index (χ2n) is 21.7. The third kappa shape index (κ3) is 19.0. The van der Waals surface area contributed by atoms with Crippen molar-refractivity contribution in [1.82, 2.24) is 0 Å². The monoisotopic (exact) mass is 1040 g/mol. The largest absolute Gasteiger partial charge is 0.295 e. The Morgan fingerprint density at radius 3 is 1.16 bits per heavy atom. The highest BCUT2D eigenvalue weighted by molar-refractivity contribution is 6.31. The van der Waals surface area contributed by atoms with Crippen LogP contribution in [-0.4, -0.2) is 11.6 Å². The molecule has 0 saturated heterocycles. The fourth-order valence-electron chi connectivity index (χ4n) is 7.02. The van der Waals surface area contributed by atoms with Gasteiger partial charge in [-0.15, -0.1) is 0 Å². The minimum absolute atomic E-state index is 0.0358. The SMILES string of the molecule is CC(=O)c1ccc(Cl)c(F)c1C(C)(C)C.CC(=O)c1ccc(Cl)cc1C(C)(C)C.CC(C)(C)c1c(F)ccc(Cl)c1F.CC(C)(C)c1cc(Cl)ccc1C(F)F.Cc1cc(F)c(C(C)(C)C)c(F)c1. The molecule has 5 aromatic carbocycles. The molecule has 0 bridgehead atoms. The summed E-state index contributed by atoms with van der Waals surface area (Å²) in [5.41, 5.74) is 2.23. The van der Waals surface area contributed by atoms with Crippen molar-refractivity contribution in [3.8, 4) is 0 Å². The van der Waals surface area contributed by atoms with Gasteiger partial charge in [0.15, 0.2) is 11.6 Å². The van der Waals surface area contributed by atoms with E-state index in [-0.39, 0.29) is 49.1 Å². The second-order valence-corrected chi connectivity index (χ2v) is 23.4. The molecule has 380 valence electrons. The third-order valence-electron chi connectivity index (χ3n) is 10.2. The maximum Gasteiger partial charge on any atom is 0.264 e. The molecule has 13 heteroatoms. The lowest BCUT2D eigenvalue weighted by Crippen LogP contribution is -2.18. The lowest BCUT2D eigenvalue weighted by atomic mass is 9.82. The highest BCUT2D eigenvalue weighted by Gasteiger charge is 2.28. The summed E-state index contributed by atoms with van der Waals surface area (Å²) in [6.45, 7) is 32.8. The zero-order valence-corrected chi connectivity index (χ0v) is 46.0. The molecule has 69 heavy (non-hydrogen) atoms. The lowest BCUT2D eigenvalue weighted by Gasteiger charge is -2.23. The molecule has 0 atom stereocenters. The van der Waals surface area contributed by atoms with Gasteiger partial charge in [0.1, 0.15) is 29.1 Å². The van der Waals surface area contributed by atoms with Crippen molar-refractivity contribution in [1.29, 1.82) is 0 Å². The summed E-state index contributed by atoms with van der Waals surface area (Å²) < 4.78 is 92.5. The maximum absolute atomic E-state index is 13.8. The molecule has 0 aliphatic rings. The number of rotatable bonds is 3. The van der Waals surface area contributed by atoms with Gasteiger partial charge in [-0.2, -0.15) is 0 Å². The number of alkyl halides is 2. The van der Waals surface area contributed by atoms with Crippen LogP contribution in [0.4, 0.5) is 30.7 Å². The van der Waals surface area contributed by atoms with Gasteiger partial charge in [-0.3, -0.25) is 9.59 Å². The van der Waals surface area contributed by atoms with Crippen molar-refractivity contribution in [2.75, 3.05) is 0 Å². The Kier molecular flexibility index (Phi) is 22.9. The number of aryl methyl sites for hydroxylation is 1. The van der Waals surface area contributed by atoms with Gasteiger partial charge in [0.2, 0.25) is 0 Å². The number of carbonyl (C=O) groups excluding carboxylic acids is 2. The number of ketones is 2. The van der Waals surface area contributed by atoms with E-state index in [4.69, 9.17) is 46.4 Å². The molecule has 5 rings (SSSR count). The van der Waals surface area contributed by atoms with Crippen molar-refractivity contribution in [2.24, 2.45) is 0 Å². The molecule has 0 fully saturated rings. The van der Waals surface area contributed by atoms with Crippen LogP contribution in [0.2, 0.25) is 20.1 Å². The van der Waals surface area contributed by atoms with E-state index in [1.807, 2.05) is 47.6 Å². The number of Topliss-reactive ketones (excluding diaryl/α,β-unsaturated/α-hetero) is 2. The standard InChI is InChI=1S/C12H14ClFO.C12H15ClO.C11H13ClF2.C11H14F2.C10H11ClF2/c1-7(15)8-5-6-9(13)11(14)10(8)12(2,3)4;1-8(14)10-6-5-9(13)7-11(10)12(2,3)4;1-11(2,3)9-6-7(12)4-5-8(9)10(13)14;1-7-5-8(12)10(9(13)6-7)11(2,3)4;1-10(2,3)8-7(12)5-4-6(11)9(8)13/h5-6H,1-4H3;5-7H,1-4H3;4-6,10H,1-3H3;5-6H,1-4H3;4-5H,1-3H3. The van der Waals surface area contributed by atoms with E-state index in [0.717, 1.165) is 11.1 Å². The van der Waals surface area contributed by atoms with Gasteiger partial charge in [0, 0.05) is 43.4 Å². The normalized spacial score (nSPS) is 11.8. The molecule has 0 aliphatic heterocycles.